The highest BCUT2D eigenvalue weighted by Crippen LogP contribution is 2.33. The molecule has 0 saturated carbocycles. The van der Waals surface area contributed by atoms with E-state index in [0.717, 1.165) is 11.4 Å². The first-order valence-corrected chi connectivity index (χ1v) is 7.92. The number of hydrogen-bond acceptors (Lipinski definition) is 3. The maximum absolute atomic E-state index is 12.4. The van der Waals surface area contributed by atoms with Crippen LogP contribution < -0.4 is 15.0 Å². The third-order valence-electron chi connectivity index (χ3n) is 4.32. The van der Waals surface area contributed by atoms with E-state index >= 15 is 0 Å². The Bertz CT molecular complexity index is 782. The number of fused-ring (bicyclic) bond motifs is 1. The van der Waals surface area contributed by atoms with Crippen LogP contribution in [0.25, 0.3) is 0 Å². The fourth-order valence-corrected chi connectivity index (χ4v) is 2.76. The van der Waals surface area contributed by atoms with Gasteiger partial charge in [-0.3, -0.25) is 14.5 Å². The predicted octanol–water partition coefficient (Wildman–Crippen LogP) is 1.76. The van der Waals surface area contributed by atoms with E-state index < -0.39 is 6.10 Å². The number of rotatable bonds is 4. The molecule has 0 aliphatic carbocycles. The van der Waals surface area contributed by atoms with Crippen LogP contribution in [0.4, 0.5) is 5.69 Å². The molecule has 1 aliphatic heterocycles. The lowest BCUT2D eigenvalue weighted by molar-refractivity contribution is -0.128. The average molecular weight is 327 g/mol. The van der Waals surface area contributed by atoms with Gasteiger partial charge in [-0.1, -0.05) is 12.1 Å². The number of ether oxygens (including phenoxy) is 1. The van der Waals surface area contributed by atoms with E-state index in [1.165, 1.54) is 4.90 Å². The number of nitrogens with zero attached hydrogens (tertiary/aromatic N) is 2. The van der Waals surface area contributed by atoms with Gasteiger partial charge in [0.05, 0.1) is 12.2 Å². The molecular weight excluding hydrogens is 306 g/mol. The Kier molecular flexibility index (Phi) is 4.29. The van der Waals surface area contributed by atoms with Crippen molar-refractivity contribution in [2.24, 2.45) is 7.05 Å². The van der Waals surface area contributed by atoms with Crippen molar-refractivity contribution in [3.63, 3.8) is 0 Å². The minimum absolute atomic E-state index is 0.0209. The molecular formula is C18H21N3O3. The molecule has 1 N–H and O–H groups in total. The quantitative estimate of drug-likeness (QED) is 0.931. The third-order valence-corrected chi connectivity index (χ3v) is 4.32. The maximum Gasteiger partial charge on any atom is 0.268 e. The second kappa shape index (κ2) is 6.39. The van der Waals surface area contributed by atoms with Crippen LogP contribution in [-0.2, 0) is 23.2 Å². The Morgan fingerprint density at radius 3 is 2.71 bits per heavy atom. The molecule has 0 spiro atoms. The highest BCUT2D eigenvalue weighted by molar-refractivity contribution is 6.03. The van der Waals surface area contributed by atoms with E-state index in [9.17, 15) is 9.59 Å². The van der Waals surface area contributed by atoms with Crippen LogP contribution in [0.3, 0.4) is 0 Å². The van der Waals surface area contributed by atoms with Gasteiger partial charge in [0.1, 0.15) is 12.3 Å². The number of anilines is 1. The first kappa shape index (κ1) is 16.1. The van der Waals surface area contributed by atoms with Crippen molar-refractivity contribution in [1.82, 2.24) is 9.88 Å². The summed E-state index contributed by atoms with van der Waals surface area (Å²) in [5, 5.41) is 2.87. The predicted molar refractivity (Wildman–Crippen MR) is 90.9 cm³/mol. The molecule has 0 bridgehead atoms. The van der Waals surface area contributed by atoms with Crippen molar-refractivity contribution < 1.29 is 14.3 Å². The van der Waals surface area contributed by atoms with Crippen LogP contribution >= 0.6 is 0 Å². The highest BCUT2D eigenvalue weighted by Gasteiger charge is 2.32. The third kappa shape index (κ3) is 2.99. The summed E-state index contributed by atoms with van der Waals surface area (Å²) in [5.74, 6) is 0.208. The van der Waals surface area contributed by atoms with Crippen molar-refractivity contribution in [2.75, 3.05) is 11.4 Å². The summed E-state index contributed by atoms with van der Waals surface area (Å²) in [6, 6.07) is 11.2. The molecule has 1 aromatic carbocycles. The first-order valence-electron chi connectivity index (χ1n) is 7.92. The molecule has 2 aromatic rings. The largest absolute Gasteiger partial charge is 0.479 e. The molecule has 1 aliphatic rings. The SMILES string of the molecule is Cc1ccc(CNC(=O)CN2C(=O)[C@H](C)Oc3ccccc32)n1C. The molecule has 6 nitrogen and oxygen atoms in total. The number of aromatic nitrogens is 1. The number of hydrogen-bond donors (Lipinski definition) is 1. The van der Waals surface area contributed by atoms with Crippen LogP contribution in [0.2, 0.25) is 0 Å². The molecule has 0 unspecified atom stereocenters. The topological polar surface area (TPSA) is 63.6 Å². The molecule has 2 heterocycles. The molecule has 3 rings (SSSR count). The molecule has 6 heteroatoms. The van der Waals surface area contributed by atoms with Gasteiger partial charge in [-0.25, -0.2) is 0 Å². The molecule has 0 fully saturated rings. The van der Waals surface area contributed by atoms with Gasteiger partial charge in [0.2, 0.25) is 5.91 Å². The number of para-hydroxylation sites is 2. The zero-order chi connectivity index (χ0) is 17.3. The van der Waals surface area contributed by atoms with E-state index in [1.54, 1.807) is 19.1 Å². The summed E-state index contributed by atoms with van der Waals surface area (Å²) < 4.78 is 7.60. The molecule has 0 radical (unpaired) electrons. The van der Waals surface area contributed by atoms with Gasteiger partial charge in [-0.05, 0) is 38.1 Å². The summed E-state index contributed by atoms with van der Waals surface area (Å²) in [6.07, 6.45) is -0.594. The minimum atomic E-state index is -0.594. The molecule has 0 saturated heterocycles. The van der Waals surface area contributed by atoms with E-state index in [0.29, 0.717) is 18.0 Å². The number of carbonyl (C=O) groups is 2. The van der Waals surface area contributed by atoms with Crippen molar-refractivity contribution in [2.45, 2.75) is 26.5 Å². The van der Waals surface area contributed by atoms with Crippen LogP contribution in [-0.4, -0.2) is 29.0 Å². The number of carbonyl (C=O) groups excluding carboxylic acids is 2. The zero-order valence-corrected chi connectivity index (χ0v) is 14.1. The van der Waals surface area contributed by atoms with E-state index in [4.69, 9.17) is 4.74 Å². The Balaban J connectivity index is 1.69. The van der Waals surface area contributed by atoms with Crippen LogP contribution in [0.5, 0.6) is 5.75 Å². The molecule has 1 aromatic heterocycles. The smallest absolute Gasteiger partial charge is 0.268 e. The van der Waals surface area contributed by atoms with E-state index in [1.807, 2.05) is 42.8 Å². The van der Waals surface area contributed by atoms with E-state index in [2.05, 4.69) is 5.32 Å². The van der Waals surface area contributed by atoms with Crippen molar-refractivity contribution in [3.05, 3.63) is 47.8 Å². The van der Waals surface area contributed by atoms with Gasteiger partial charge >= 0.3 is 0 Å². The van der Waals surface area contributed by atoms with Crippen molar-refractivity contribution in [1.29, 1.82) is 0 Å². The first-order chi connectivity index (χ1) is 11.5. The van der Waals surface area contributed by atoms with Crippen LogP contribution in [0.15, 0.2) is 36.4 Å². The average Bonchev–Trinajstić information content (AvgIpc) is 2.89. The monoisotopic (exact) mass is 327 g/mol. The Labute approximate surface area is 141 Å². The lowest BCUT2D eigenvalue weighted by Gasteiger charge is -2.32. The second-order valence-corrected chi connectivity index (χ2v) is 5.95. The summed E-state index contributed by atoms with van der Waals surface area (Å²) in [7, 11) is 1.96. The fraction of sp³-hybridized carbons (Fsp3) is 0.333. The summed E-state index contributed by atoms with van der Waals surface area (Å²) in [4.78, 5) is 26.2. The summed E-state index contributed by atoms with van der Waals surface area (Å²) in [6.45, 7) is 4.11. The second-order valence-electron chi connectivity index (χ2n) is 5.95. The molecule has 1 atom stereocenters. The summed E-state index contributed by atoms with van der Waals surface area (Å²) >= 11 is 0. The lowest BCUT2D eigenvalue weighted by Crippen LogP contribution is -2.48. The standard InChI is InChI=1S/C18H21N3O3/c1-12-8-9-14(20(12)3)10-19-17(22)11-21-15-6-4-5-7-16(15)24-13(2)18(21)23/h4-9,13H,10-11H2,1-3H3,(H,19,22)/t13-/m0/s1. The van der Waals surface area contributed by atoms with E-state index in [-0.39, 0.29) is 18.4 Å². The van der Waals surface area contributed by atoms with Crippen LogP contribution in [0, 0.1) is 6.92 Å². The van der Waals surface area contributed by atoms with Gasteiger partial charge in [0.25, 0.3) is 5.91 Å². The molecule has 24 heavy (non-hydrogen) atoms. The van der Waals surface area contributed by atoms with Crippen molar-refractivity contribution in [3.8, 4) is 5.75 Å². The van der Waals surface area contributed by atoms with Gasteiger partial charge in [-0.15, -0.1) is 0 Å². The number of benzene rings is 1. The number of nitrogens with one attached hydrogen (secondary N) is 1. The highest BCUT2D eigenvalue weighted by atomic mass is 16.5. The minimum Gasteiger partial charge on any atom is -0.479 e. The number of amides is 2. The van der Waals surface area contributed by atoms with Gasteiger partial charge in [-0.2, -0.15) is 0 Å². The lowest BCUT2D eigenvalue weighted by atomic mass is 10.2. The fourth-order valence-electron chi connectivity index (χ4n) is 2.76. The van der Waals surface area contributed by atoms with Crippen molar-refractivity contribution >= 4 is 17.5 Å². The number of aryl methyl sites for hydroxylation is 1. The van der Waals surface area contributed by atoms with Crippen LogP contribution in [0.1, 0.15) is 18.3 Å². The normalized spacial score (nSPS) is 16.5. The van der Waals surface area contributed by atoms with Gasteiger partial charge in [0.15, 0.2) is 6.10 Å². The maximum atomic E-state index is 12.4. The summed E-state index contributed by atoms with van der Waals surface area (Å²) in [5.41, 5.74) is 2.78. The van der Waals surface area contributed by atoms with Gasteiger partial charge in [0, 0.05) is 18.4 Å². The zero-order valence-electron chi connectivity index (χ0n) is 14.1. The van der Waals surface area contributed by atoms with Gasteiger partial charge < -0.3 is 14.6 Å². The Morgan fingerprint density at radius 1 is 1.25 bits per heavy atom. The molecule has 2 amide bonds. The Hall–Kier alpha value is -2.76. The molecule has 126 valence electrons. The Morgan fingerprint density at radius 2 is 2.00 bits per heavy atom.